The van der Waals surface area contributed by atoms with Crippen LogP contribution in [0, 0.1) is 0 Å². The number of rotatable bonds is 0. The summed E-state index contributed by atoms with van der Waals surface area (Å²) in [5, 5.41) is 10.2. The maximum atomic E-state index is 9.05. The van der Waals surface area contributed by atoms with E-state index in [9.17, 15) is 0 Å². The van der Waals surface area contributed by atoms with Gasteiger partial charge in [-0.15, -0.1) is 0 Å². The molecule has 0 atom stereocenters. The van der Waals surface area contributed by atoms with Gasteiger partial charge in [-0.3, -0.25) is 10.3 Å². The highest BCUT2D eigenvalue weighted by Crippen LogP contribution is 2.09. The summed E-state index contributed by atoms with van der Waals surface area (Å²) in [6.45, 7) is 0.721. The number of hydroxylamine groups is 2. The van der Waals surface area contributed by atoms with Crippen molar-refractivity contribution in [3.63, 3.8) is 0 Å². The Morgan fingerprint density at radius 1 is 1.33 bits per heavy atom. The van der Waals surface area contributed by atoms with Crippen molar-refractivity contribution < 1.29 is 5.21 Å². The van der Waals surface area contributed by atoms with Crippen molar-refractivity contribution in [3.05, 3.63) is 0 Å². The minimum absolute atomic E-state index is 0.701. The molecule has 0 unspecified atom stereocenters. The predicted octanol–water partition coefficient (Wildman–Crippen LogP) is 1.58. The van der Waals surface area contributed by atoms with Crippen molar-refractivity contribution >= 4 is 17.2 Å². The zero-order valence-corrected chi connectivity index (χ0v) is 6.15. The normalized spacial score (nSPS) is 21.9. The van der Waals surface area contributed by atoms with Gasteiger partial charge in [-0.2, -0.15) is 0 Å². The molecule has 0 aliphatic carbocycles. The first kappa shape index (κ1) is 6.96. The number of hydrogen-bond acceptors (Lipinski definition) is 2. The van der Waals surface area contributed by atoms with E-state index in [2.05, 4.69) is 0 Å². The summed E-state index contributed by atoms with van der Waals surface area (Å²) in [6.07, 6.45) is 4.27. The van der Waals surface area contributed by atoms with Gasteiger partial charge in [0.2, 0.25) is 0 Å². The largest absolute Gasteiger partial charge is 0.288 e. The fraction of sp³-hybridized carbons (Fsp3) is 0.833. The molecule has 0 spiro atoms. The van der Waals surface area contributed by atoms with Crippen LogP contribution in [0.5, 0.6) is 0 Å². The number of hydrogen-bond donors (Lipinski definition) is 1. The molecular weight excluding hydrogens is 134 g/mol. The summed E-state index contributed by atoms with van der Waals surface area (Å²) in [7, 11) is 0. The lowest BCUT2D eigenvalue weighted by molar-refractivity contribution is -0.0118. The molecule has 1 fully saturated rings. The molecule has 52 valence electrons. The Labute approximate surface area is 60.4 Å². The van der Waals surface area contributed by atoms with Crippen molar-refractivity contribution in [2.45, 2.75) is 25.7 Å². The topological polar surface area (TPSA) is 23.5 Å². The summed E-state index contributed by atoms with van der Waals surface area (Å²) >= 11 is 4.89. The van der Waals surface area contributed by atoms with E-state index in [1.807, 2.05) is 0 Å². The summed E-state index contributed by atoms with van der Waals surface area (Å²) in [6, 6.07) is 0. The smallest absolute Gasteiger partial charge is 0.103 e. The Kier molecular flexibility index (Phi) is 2.42. The molecule has 1 rings (SSSR count). The van der Waals surface area contributed by atoms with Gasteiger partial charge < -0.3 is 0 Å². The van der Waals surface area contributed by atoms with Crippen molar-refractivity contribution in [1.29, 1.82) is 0 Å². The van der Waals surface area contributed by atoms with Gasteiger partial charge in [0.15, 0.2) is 0 Å². The minimum Gasteiger partial charge on any atom is -0.288 e. The molecule has 0 saturated carbocycles. The minimum atomic E-state index is 0.701. The molecule has 3 heteroatoms. The molecule has 0 aromatic carbocycles. The van der Waals surface area contributed by atoms with Crippen molar-refractivity contribution in [1.82, 2.24) is 5.06 Å². The van der Waals surface area contributed by atoms with E-state index in [-0.39, 0.29) is 0 Å². The fourth-order valence-electron chi connectivity index (χ4n) is 0.968. The molecule has 2 nitrogen and oxygen atoms in total. The molecule has 1 aliphatic rings. The Morgan fingerprint density at radius 2 is 2.11 bits per heavy atom. The third-order valence-electron chi connectivity index (χ3n) is 1.55. The summed E-state index contributed by atoms with van der Waals surface area (Å²) in [4.78, 5) is 0.701. The lowest BCUT2D eigenvalue weighted by Crippen LogP contribution is -2.24. The molecule has 1 aliphatic heterocycles. The van der Waals surface area contributed by atoms with Crippen LogP contribution < -0.4 is 0 Å². The van der Waals surface area contributed by atoms with Crippen molar-refractivity contribution in [2.75, 3.05) is 6.54 Å². The first-order chi connectivity index (χ1) is 4.30. The second kappa shape index (κ2) is 3.13. The third-order valence-corrected chi connectivity index (χ3v) is 1.96. The van der Waals surface area contributed by atoms with E-state index in [1.54, 1.807) is 0 Å². The molecule has 0 amide bonds. The van der Waals surface area contributed by atoms with E-state index >= 15 is 0 Å². The Balaban J connectivity index is 2.41. The highest BCUT2D eigenvalue weighted by atomic mass is 32.1. The molecule has 1 heterocycles. The lowest BCUT2D eigenvalue weighted by Gasteiger charge is -2.12. The fourth-order valence-corrected chi connectivity index (χ4v) is 1.20. The van der Waals surface area contributed by atoms with Crippen LogP contribution in [-0.2, 0) is 0 Å². The van der Waals surface area contributed by atoms with Gasteiger partial charge in [-0.05, 0) is 12.8 Å². The van der Waals surface area contributed by atoms with Crippen LogP contribution in [0.1, 0.15) is 25.7 Å². The first-order valence-corrected chi connectivity index (χ1v) is 3.71. The SMILES string of the molecule is ON1CCCCCC1=S. The maximum Gasteiger partial charge on any atom is 0.103 e. The third kappa shape index (κ3) is 1.91. The van der Waals surface area contributed by atoms with Gasteiger partial charge in [0.05, 0.1) is 0 Å². The van der Waals surface area contributed by atoms with Gasteiger partial charge in [-0.1, -0.05) is 18.6 Å². The average molecular weight is 145 g/mol. The van der Waals surface area contributed by atoms with E-state index in [1.165, 1.54) is 11.5 Å². The highest BCUT2D eigenvalue weighted by Gasteiger charge is 2.09. The molecule has 0 bridgehead atoms. The predicted molar refractivity (Wildman–Crippen MR) is 39.6 cm³/mol. The summed E-state index contributed by atoms with van der Waals surface area (Å²) in [5.41, 5.74) is 0. The zero-order chi connectivity index (χ0) is 6.69. The van der Waals surface area contributed by atoms with Crippen LogP contribution in [0.15, 0.2) is 0 Å². The van der Waals surface area contributed by atoms with Gasteiger partial charge >= 0.3 is 0 Å². The van der Waals surface area contributed by atoms with Gasteiger partial charge in [-0.25, -0.2) is 0 Å². The standard InChI is InChI=1S/C6H11NOS/c8-7-5-3-1-2-4-6(7)9/h8H,1-5H2. The van der Waals surface area contributed by atoms with Crippen molar-refractivity contribution in [3.8, 4) is 0 Å². The average Bonchev–Trinajstić information content (AvgIpc) is 1.99. The molecule has 1 saturated heterocycles. The van der Waals surface area contributed by atoms with Crippen LogP contribution in [0.25, 0.3) is 0 Å². The van der Waals surface area contributed by atoms with E-state index < -0.39 is 0 Å². The summed E-state index contributed by atoms with van der Waals surface area (Å²) in [5.74, 6) is 0. The Hall–Kier alpha value is -0.150. The molecule has 1 N–H and O–H groups in total. The van der Waals surface area contributed by atoms with Crippen molar-refractivity contribution in [2.24, 2.45) is 0 Å². The Morgan fingerprint density at radius 3 is 2.89 bits per heavy atom. The first-order valence-electron chi connectivity index (χ1n) is 3.30. The molecular formula is C6H11NOS. The monoisotopic (exact) mass is 145 g/mol. The van der Waals surface area contributed by atoms with Crippen LogP contribution in [-0.4, -0.2) is 21.8 Å². The van der Waals surface area contributed by atoms with Gasteiger partial charge in [0.1, 0.15) is 4.99 Å². The summed E-state index contributed by atoms with van der Waals surface area (Å²) < 4.78 is 0. The number of thiocarbonyl (C=S) groups is 1. The van der Waals surface area contributed by atoms with Crippen LogP contribution >= 0.6 is 12.2 Å². The quantitative estimate of drug-likeness (QED) is 0.523. The van der Waals surface area contributed by atoms with E-state index in [0.717, 1.165) is 25.8 Å². The molecule has 0 aromatic rings. The van der Waals surface area contributed by atoms with E-state index in [4.69, 9.17) is 17.4 Å². The van der Waals surface area contributed by atoms with E-state index in [0.29, 0.717) is 4.99 Å². The van der Waals surface area contributed by atoms with Gasteiger partial charge in [0, 0.05) is 13.0 Å². The zero-order valence-electron chi connectivity index (χ0n) is 5.34. The molecule has 0 aromatic heterocycles. The number of nitrogens with zero attached hydrogens (tertiary/aromatic N) is 1. The maximum absolute atomic E-state index is 9.05. The second-order valence-corrected chi connectivity index (χ2v) is 2.80. The van der Waals surface area contributed by atoms with Gasteiger partial charge in [0.25, 0.3) is 0 Å². The second-order valence-electron chi connectivity index (χ2n) is 2.33. The van der Waals surface area contributed by atoms with Crippen LogP contribution in [0.4, 0.5) is 0 Å². The lowest BCUT2D eigenvalue weighted by atomic mass is 10.2. The molecule has 9 heavy (non-hydrogen) atoms. The highest BCUT2D eigenvalue weighted by molar-refractivity contribution is 7.80. The molecule has 0 radical (unpaired) electrons. The van der Waals surface area contributed by atoms with Crippen LogP contribution in [0.3, 0.4) is 0 Å². The van der Waals surface area contributed by atoms with Crippen LogP contribution in [0.2, 0.25) is 0 Å². The Bertz CT molecular complexity index is 116.